The van der Waals surface area contributed by atoms with E-state index in [2.05, 4.69) is 67.8 Å². The summed E-state index contributed by atoms with van der Waals surface area (Å²) in [5.41, 5.74) is 0. The largest absolute Gasteiger partial charge is 0.394 e. The summed E-state index contributed by atoms with van der Waals surface area (Å²) in [7, 11) is 0. The van der Waals surface area contributed by atoms with Crippen LogP contribution in [0.4, 0.5) is 0 Å². The van der Waals surface area contributed by atoms with Gasteiger partial charge in [0, 0.05) is 0 Å². The molecule has 4 atom stereocenters. The zero-order valence-corrected chi connectivity index (χ0v) is 29.1. The first kappa shape index (κ1) is 43.3. The second-order valence-corrected chi connectivity index (χ2v) is 12.6. The number of amides is 1. The van der Waals surface area contributed by atoms with Gasteiger partial charge in [0.15, 0.2) is 0 Å². The molecule has 262 valence electrons. The second-order valence-electron chi connectivity index (χ2n) is 12.6. The Hall–Kier alpha value is -1.73. The van der Waals surface area contributed by atoms with E-state index in [1.165, 1.54) is 77.0 Å². The molecule has 0 aromatic rings. The van der Waals surface area contributed by atoms with Crippen LogP contribution < -0.4 is 5.32 Å². The molecule has 45 heavy (non-hydrogen) atoms. The van der Waals surface area contributed by atoms with Gasteiger partial charge in [-0.2, -0.15) is 0 Å². The van der Waals surface area contributed by atoms with E-state index >= 15 is 0 Å². The highest BCUT2D eigenvalue weighted by Crippen LogP contribution is 2.14. The number of hydrogen-bond donors (Lipinski definition) is 5. The standard InChI is InChI=1S/C39H71NO5/c1-3-5-7-9-11-13-15-16-17-18-19-20-21-23-25-27-29-31-33-37(43)39(45)40-35(34-41)38(44)36(42)32-30-28-26-24-22-14-12-10-8-6-4-2/h10-13,15-16,24,26,35-38,41-44H,3-9,14,17-23,25,27-34H2,1-2H3,(H,40,45)/b12-10+,13-11-,16-15-,26-24+. The number of allylic oxidation sites excluding steroid dienone is 8. The van der Waals surface area contributed by atoms with E-state index in [4.69, 9.17) is 0 Å². The van der Waals surface area contributed by atoms with Gasteiger partial charge in [0.2, 0.25) is 5.91 Å². The fourth-order valence-corrected chi connectivity index (χ4v) is 5.22. The van der Waals surface area contributed by atoms with Crippen molar-refractivity contribution >= 4 is 5.91 Å². The lowest BCUT2D eigenvalue weighted by atomic mass is 10.00. The van der Waals surface area contributed by atoms with Gasteiger partial charge >= 0.3 is 0 Å². The summed E-state index contributed by atoms with van der Waals surface area (Å²) in [6.07, 6.45) is 38.4. The Morgan fingerprint density at radius 2 is 1.02 bits per heavy atom. The molecule has 0 spiro atoms. The Morgan fingerprint density at radius 3 is 1.58 bits per heavy atom. The van der Waals surface area contributed by atoms with E-state index in [0.29, 0.717) is 19.3 Å². The molecule has 1 amide bonds. The fourth-order valence-electron chi connectivity index (χ4n) is 5.22. The zero-order valence-electron chi connectivity index (χ0n) is 29.1. The summed E-state index contributed by atoms with van der Waals surface area (Å²) in [6.45, 7) is 3.92. The van der Waals surface area contributed by atoms with Gasteiger partial charge in [0.1, 0.15) is 12.2 Å². The molecule has 0 bridgehead atoms. The molecule has 5 N–H and O–H groups in total. The number of nitrogens with one attached hydrogen (secondary N) is 1. The number of carbonyl (C=O) groups excluding carboxylic acids is 1. The van der Waals surface area contributed by atoms with Gasteiger partial charge in [-0.15, -0.1) is 0 Å². The molecular weight excluding hydrogens is 562 g/mol. The number of unbranched alkanes of at least 4 members (excludes halogenated alkanes) is 16. The molecular formula is C39H71NO5. The fraction of sp³-hybridized carbons (Fsp3) is 0.769. The monoisotopic (exact) mass is 634 g/mol. The predicted octanol–water partition coefficient (Wildman–Crippen LogP) is 8.78. The molecule has 0 rings (SSSR count). The van der Waals surface area contributed by atoms with Crippen LogP contribution in [0.1, 0.15) is 162 Å². The Kier molecular flexibility index (Phi) is 32.3. The average molecular weight is 634 g/mol. The molecule has 0 aromatic carbocycles. The van der Waals surface area contributed by atoms with Crippen LogP contribution in [0.2, 0.25) is 0 Å². The molecule has 0 aliphatic carbocycles. The molecule has 6 heteroatoms. The SMILES string of the molecule is CCCC/C=C/CC/C=C/CCCC(O)C(O)C(CO)NC(=O)C(O)CCCCCCCCCCC/C=C\C=C/CCCCC. The summed E-state index contributed by atoms with van der Waals surface area (Å²) < 4.78 is 0. The summed E-state index contributed by atoms with van der Waals surface area (Å²) >= 11 is 0. The van der Waals surface area contributed by atoms with Gasteiger partial charge in [-0.05, 0) is 70.6 Å². The van der Waals surface area contributed by atoms with Crippen molar-refractivity contribution in [3.8, 4) is 0 Å². The lowest BCUT2D eigenvalue weighted by Crippen LogP contribution is -2.53. The van der Waals surface area contributed by atoms with E-state index < -0.39 is 36.9 Å². The lowest BCUT2D eigenvalue weighted by Gasteiger charge is -2.27. The maximum absolute atomic E-state index is 12.4. The molecule has 0 fully saturated rings. The van der Waals surface area contributed by atoms with Crippen LogP contribution in [-0.2, 0) is 4.79 Å². The molecule has 0 aliphatic heterocycles. The smallest absolute Gasteiger partial charge is 0.249 e. The van der Waals surface area contributed by atoms with Gasteiger partial charge in [-0.25, -0.2) is 0 Å². The first-order chi connectivity index (χ1) is 22.0. The molecule has 6 nitrogen and oxygen atoms in total. The van der Waals surface area contributed by atoms with Crippen LogP contribution in [0.25, 0.3) is 0 Å². The Balaban J connectivity index is 3.87. The van der Waals surface area contributed by atoms with Gasteiger partial charge in [0.25, 0.3) is 0 Å². The van der Waals surface area contributed by atoms with Crippen LogP contribution >= 0.6 is 0 Å². The van der Waals surface area contributed by atoms with Crippen LogP contribution in [0.5, 0.6) is 0 Å². The highest BCUT2D eigenvalue weighted by Gasteiger charge is 2.28. The van der Waals surface area contributed by atoms with Crippen molar-refractivity contribution in [3.05, 3.63) is 48.6 Å². The predicted molar refractivity (Wildman–Crippen MR) is 191 cm³/mol. The zero-order chi connectivity index (χ0) is 33.2. The van der Waals surface area contributed by atoms with Crippen molar-refractivity contribution < 1.29 is 25.2 Å². The van der Waals surface area contributed by atoms with Crippen LogP contribution in [0.15, 0.2) is 48.6 Å². The summed E-state index contributed by atoms with van der Waals surface area (Å²) in [5.74, 6) is -0.607. The molecule has 0 saturated heterocycles. The second kappa shape index (κ2) is 33.6. The quantitative estimate of drug-likeness (QED) is 0.0289. The van der Waals surface area contributed by atoms with Crippen molar-refractivity contribution in [3.63, 3.8) is 0 Å². The van der Waals surface area contributed by atoms with Gasteiger partial charge in [-0.1, -0.05) is 140 Å². The summed E-state index contributed by atoms with van der Waals surface area (Å²) in [5, 5.41) is 43.3. The minimum Gasteiger partial charge on any atom is -0.394 e. The number of rotatable bonds is 32. The Labute approximate surface area is 277 Å². The average Bonchev–Trinajstić information content (AvgIpc) is 3.04. The maximum Gasteiger partial charge on any atom is 0.249 e. The molecule has 0 radical (unpaired) electrons. The van der Waals surface area contributed by atoms with Crippen LogP contribution in [0, 0.1) is 0 Å². The van der Waals surface area contributed by atoms with Crippen molar-refractivity contribution in [1.82, 2.24) is 5.32 Å². The third kappa shape index (κ3) is 28.2. The number of carbonyl (C=O) groups is 1. The highest BCUT2D eigenvalue weighted by atomic mass is 16.3. The molecule has 0 aromatic heterocycles. The van der Waals surface area contributed by atoms with Gasteiger partial charge in [-0.3, -0.25) is 4.79 Å². The van der Waals surface area contributed by atoms with E-state index in [-0.39, 0.29) is 0 Å². The lowest BCUT2D eigenvalue weighted by molar-refractivity contribution is -0.132. The third-order valence-corrected chi connectivity index (χ3v) is 8.27. The molecule has 0 heterocycles. The molecule has 4 unspecified atom stereocenters. The van der Waals surface area contributed by atoms with E-state index in [1.807, 2.05) is 0 Å². The van der Waals surface area contributed by atoms with Gasteiger partial charge in [0.05, 0.1) is 18.8 Å². The van der Waals surface area contributed by atoms with Gasteiger partial charge < -0.3 is 25.7 Å². The highest BCUT2D eigenvalue weighted by molar-refractivity contribution is 5.80. The maximum atomic E-state index is 12.4. The summed E-state index contributed by atoms with van der Waals surface area (Å²) in [4.78, 5) is 12.4. The Bertz CT molecular complexity index is 763. The van der Waals surface area contributed by atoms with E-state index in [1.54, 1.807) is 0 Å². The molecule has 0 saturated carbocycles. The minimum absolute atomic E-state index is 0.352. The van der Waals surface area contributed by atoms with Crippen molar-refractivity contribution in [1.29, 1.82) is 0 Å². The first-order valence-corrected chi connectivity index (χ1v) is 18.5. The molecule has 0 aliphatic rings. The van der Waals surface area contributed by atoms with E-state index in [9.17, 15) is 25.2 Å². The third-order valence-electron chi connectivity index (χ3n) is 8.27. The number of aliphatic hydroxyl groups is 4. The normalized spacial score (nSPS) is 15.1. The van der Waals surface area contributed by atoms with Crippen molar-refractivity contribution in [2.75, 3.05) is 6.61 Å². The minimum atomic E-state index is -1.29. The Morgan fingerprint density at radius 1 is 0.556 bits per heavy atom. The van der Waals surface area contributed by atoms with E-state index in [0.717, 1.165) is 51.4 Å². The number of aliphatic hydroxyl groups excluding tert-OH is 4. The summed E-state index contributed by atoms with van der Waals surface area (Å²) in [6, 6.07) is -1.01. The number of hydrogen-bond acceptors (Lipinski definition) is 5. The van der Waals surface area contributed by atoms with Crippen molar-refractivity contribution in [2.45, 2.75) is 186 Å². The topological polar surface area (TPSA) is 110 Å². The first-order valence-electron chi connectivity index (χ1n) is 18.5. The van der Waals surface area contributed by atoms with Crippen LogP contribution in [-0.4, -0.2) is 57.3 Å². The van der Waals surface area contributed by atoms with Crippen molar-refractivity contribution in [2.24, 2.45) is 0 Å². The van der Waals surface area contributed by atoms with Crippen LogP contribution in [0.3, 0.4) is 0 Å².